The summed E-state index contributed by atoms with van der Waals surface area (Å²) < 4.78 is 15.8. The maximum atomic E-state index is 12.8. The highest BCUT2D eigenvalue weighted by atomic mass is 16.5. The number of hydrogen-bond donors (Lipinski definition) is 1. The van der Waals surface area contributed by atoms with Crippen LogP contribution in [0.15, 0.2) is 18.2 Å². The molecule has 0 amide bonds. The number of ether oxygens (including phenoxy) is 3. The van der Waals surface area contributed by atoms with Gasteiger partial charge in [0.25, 0.3) is 0 Å². The van der Waals surface area contributed by atoms with E-state index in [1.807, 2.05) is 0 Å². The lowest BCUT2D eigenvalue weighted by molar-refractivity contribution is 0.0599. The minimum absolute atomic E-state index is 0.100. The number of Topliss-reactive ketones (excluding diaryl/α,β-unsaturated/α-hetero) is 2. The van der Waals surface area contributed by atoms with Crippen molar-refractivity contribution in [2.45, 2.75) is 33.8 Å². The van der Waals surface area contributed by atoms with Gasteiger partial charge < -0.3 is 19.2 Å². The Hall–Kier alpha value is -3.09. The smallest absolute Gasteiger partial charge is 0.339 e. The summed E-state index contributed by atoms with van der Waals surface area (Å²) in [7, 11) is 2.75. The van der Waals surface area contributed by atoms with Crippen LogP contribution >= 0.6 is 0 Å². The van der Waals surface area contributed by atoms with E-state index in [1.165, 1.54) is 21.1 Å². The fourth-order valence-corrected chi connectivity index (χ4v) is 2.84. The summed E-state index contributed by atoms with van der Waals surface area (Å²) >= 11 is 0. The van der Waals surface area contributed by atoms with E-state index in [2.05, 4.69) is 4.98 Å². The van der Waals surface area contributed by atoms with Gasteiger partial charge in [-0.15, -0.1) is 0 Å². The van der Waals surface area contributed by atoms with Crippen LogP contribution in [0.5, 0.6) is 11.5 Å². The average molecular weight is 373 g/mol. The number of nitrogens with one attached hydrogen (secondary N) is 1. The van der Waals surface area contributed by atoms with Gasteiger partial charge >= 0.3 is 5.97 Å². The first-order chi connectivity index (χ1) is 12.7. The Morgan fingerprint density at radius 2 is 1.74 bits per heavy atom. The zero-order valence-corrected chi connectivity index (χ0v) is 16.3. The normalized spacial score (nSPS) is 11.6. The number of H-pyrrole nitrogens is 1. The largest absolute Gasteiger partial charge is 0.493 e. The number of hydrogen-bond acceptors (Lipinski definition) is 6. The number of aromatic nitrogens is 1. The number of carbonyl (C=O) groups excluding carboxylic acids is 3. The summed E-state index contributed by atoms with van der Waals surface area (Å²) in [4.78, 5) is 39.2. The molecule has 2 rings (SSSR count). The zero-order chi connectivity index (χ0) is 20.3. The maximum absolute atomic E-state index is 12.8. The summed E-state index contributed by atoms with van der Waals surface area (Å²) in [5, 5.41) is 0. The first-order valence-corrected chi connectivity index (χ1v) is 8.38. The third kappa shape index (κ3) is 4.02. The fourth-order valence-electron chi connectivity index (χ4n) is 2.84. The number of aromatic amines is 1. The molecule has 0 spiro atoms. The Kier molecular flexibility index (Phi) is 6.05. The molecule has 1 heterocycles. The van der Waals surface area contributed by atoms with Gasteiger partial charge in [-0.05, 0) is 51.5 Å². The van der Waals surface area contributed by atoms with E-state index in [0.717, 1.165) is 0 Å². The number of ketones is 2. The van der Waals surface area contributed by atoms with Crippen molar-refractivity contribution < 1.29 is 28.6 Å². The molecule has 7 nitrogen and oxygen atoms in total. The van der Waals surface area contributed by atoms with Crippen molar-refractivity contribution in [2.75, 3.05) is 14.2 Å². The third-order valence-corrected chi connectivity index (χ3v) is 4.32. The topological polar surface area (TPSA) is 94.7 Å². The van der Waals surface area contributed by atoms with Gasteiger partial charge in [0, 0.05) is 11.3 Å². The molecular weight excluding hydrogens is 350 g/mol. The number of rotatable bonds is 7. The first kappa shape index (κ1) is 20.2. The highest BCUT2D eigenvalue weighted by Gasteiger charge is 2.27. The number of methoxy groups -OCH3 is 2. The van der Waals surface area contributed by atoms with Crippen LogP contribution in [0.4, 0.5) is 0 Å². The van der Waals surface area contributed by atoms with Gasteiger partial charge in [0.05, 0.1) is 25.5 Å². The van der Waals surface area contributed by atoms with Gasteiger partial charge in [-0.3, -0.25) is 9.59 Å². The molecule has 0 unspecified atom stereocenters. The van der Waals surface area contributed by atoms with Gasteiger partial charge in [-0.2, -0.15) is 0 Å². The molecule has 1 aromatic heterocycles. The Bertz CT molecular complexity index is 896. The summed E-state index contributed by atoms with van der Waals surface area (Å²) in [5.74, 6) is -0.218. The molecule has 0 aliphatic carbocycles. The lowest BCUT2D eigenvalue weighted by Crippen LogP contribution is -2.25. The van der Waals surface area contributed by atoms with Crippen molar-refractivity contribution in [2.24, 2.45) is 0 Å². The second-order valence-electron chi connectivity index (χ2n) is 6.16. The molecule has 0 saturated heterocycles. The second kappa shape index (κ2) is 8.07. The van der Waals surface area contributed by atoms with E-state index in [-0.39, 0.29) is 11.6 Å². The monoisotopic (exact) mass is 373 g/mol. The predicted octanol–water partition coefficient (Wildman–Crippen LogP) is 3.28. The Labute approximate surface area is 157 Å². The highest BCUT2D eigenvalue weighted by molar-refractivity contribution is 6.03. The summed E-state index contributed by atoms with van der Waals surface area (Å²) in [6.45, 7) is 6.44. The molecule has 7 heteroatoms. The molecule has 1 aromatic carbocycles. The molecule has 144 valence electrons. The summed E-state index contributed by atoms with van der Waals surface area (Å²) in [6.07, 6.45) is -0.843. The van der Waals surface area contributed by atoms with Crippen LogP contribution in [-0.2, 0) is 4.74 Å². The molecule has 0 saturated carbocycles. The Morgan fingerprint density at radius 3 is 2.30 bits per heavy atom. The van der Waals surface area contributed by atoms with E-state index in [0.29, 0.717) is 39.6 Å². The van der Waals surface area contributed by atoms with E-state index in [1.54, 1.807) is 39.0 Å². The molecule has 2 aromatic rings. The lowest BCUT2D eigenvalue weighted by atomic mass is 10.1. The molecule has 0 aliphatic heterocycles. The third-order valence-electron chi connectivity index (χ3n) is 4.32. The van der Waals surface area contributed by atoms with Gasteiger partial charge in [0.15, 0.2) is 23.4 Å². The van der Waals surface area contributed by atoms with Gasteiger partial charge in [0.2, 0.25) is 5.78 Å². The van der Waals surface area contributed by atoms with Crippen molar-refractivity contribution in [3.63, 3.8) is 0 Å². The Balaban J connectivity index is 2.29. The molecule has 1 atom stereocenters. The SMILES string of the molecule is COC(=O)c1c(C)[nH]c(C(=O)[C@H](C)Oc2ccc(C(C)=O)cc2OC)c1C. The second-order valence-corrected chi connectivity index (χ2v) is 6.16. The van der Waals surface area contributed by atoms with Crippen molar-refractivity contribution >= 4 is 17.5 Å². The van der Waals surface area contributed by atoms with Crippen molar-refractivity contribution in [1.82, 2.24) is 4.98 Å². The number of benzene rings is 1. The van der Waals surface area contributed by atoms with Crippen LogP contribution < -0.4 is 9.47 Å². The summed E-state index contributed by atoms with van der Waals surface area (Å²) in [6, 6.07) is 4.76. The van der Waals surface area contributed by atoms with Crippen LogP contribution in [-0.4, -0.2) is 42.8 Å². The van der Waals surface area contributed by atoms with E-state index >= 15 is 0 Å². The predicted molar refractivity (Wildman–Crippen MR) is 99.0 cm³/mol. The Morgan fingerprint density at radius 1 is 1.07 bits per heavy atom. The average Bonchev–Trinajstić information content (AvgIpc) is 2.94. The molecule has 0 radical (unpaired) electrons. The quantitative estimate of drug-likeness (QED) is 0.591. The number of aryl methyl sites for hydroxylation is 1. The molecule has 0 fully saturated rings. The lowest BCUT2D eigenvalue weighted by Gasteiger charge is -2.16. The van der Waals surface area contributed by atoms with E-state index in [4.69, 9.17) is 14.2 Å². The van der Waals surface area contributed by atoms with Gasteiger partial charge in [0.1, 0.15) is 0 Å². The molecule has 1 N–H and O–H groups in total. The van der Waals surface area contributed by atoms with Crippen LogP contribution in [0.3, 0.4) is 0 Å². The fraction of sp³-hybridized carbons (Fsp3) is 0.350. The summed E-state index contributed by atoms with van der Waals surface area (Å²) in [5.41, 5.74) is 2.19. The minimum Gasteiger partial charge on any atom is -0.493 e. The van der Waals surface area contributed by atoms with Gasteiger partial charge in [-0.25, -0.2) is 4.79 Å². The minimum atomic E-state index is -0.843. The molecule has 27 heavy (non-hydrogen) atoms. The van der Waals surface area contributed by atoms with Crippen molar-refractivity contribution in [3.8, 4) is 11.5 Å². The van der Waals surface area contributed by atoms with Crippen LogP contribution in [0.1, 0.15) is 56.3 Å². The van der Waals surface area contributed by atoms with Crippen LogP contribution in [0.2, 0.25) is 0 Å². The van der Waals surface area contributed by atoms with Gasteiger partial charge in [-0.1, -0.05) is 0 Å². The molecule has 0 bridgehead atoms. The van der Waals surface area contributed by atoms with Crippen LogP contribution in [0.25, 0.3) is 0 Å². The van der Waals surface area contributed by atoms with Crippen molar-refractivity contribution in [1.29, 1.82) is 0 Å². The zero-order valence-electron chi connectivity index (χ0n) is 16.3. The molecule has 0 aliphatic rings. The number of carbonyl (C=O) groups is 3. The van der Waals surface area contributed by atoms with Crippen molar-refractivity contribution in [3.05, 3.63) is 46.3 Å². The standard InChI is InChI=1S/C20H23NO6/c1-10-17(20(24)26-6)11(2)21-18(10)19(23)13(4)27-15-8-7-14(12(3)22)9-16(15)25-5/h7-9,13,21H,1-6H3/t13-/m0/s1. The van der Waals surface area contributed by atoms with E-state index in [9.17, 15) is 14.4 Å². The highest BCUT2D eigenvalue weighted by Crippen LogP contribution is 2.30. The number of esters is 1. The van der Waals surface area contributed by atoms with E-state index < -0.39 is 12.1 Å². The maximum Gasteiger partial charge on any atom is 0.339 e. The van der Waals surface area contributed by atoms with Crippen LogP contribution in [0, 0.1) is 13.8 Å². The molecular formula is C20H23NO6. The first-order valence-electron chi connectivity index (χ1n) is 8.38.